The molecule has 0 saturated heterocycles. The fraction of sp³-hybridized carbons (Fsp3) is 0.600. The Morgan fingerprint density at radius 3 is 2.72 bits per heavy atom. The lowest BCUT2D eigenvalue weighted by molar-refractivity contribution is -0.0520. The number of hydrogen-bond donors (Lipinski definition) is 1. The van der Waals surface area contributed by atoms with Crippen LogP contribution in [0.2, 0.25) is 5.02 Å². The first kappa shape index (κ1) is 12.5. The van der Waals surface area contributed by atoms with Crippen LogP contribution < -0.4 is 5.32 Å². The van der Waals surface area contributed by atoms with Gasteiger partial charge in [-0.1, -0.05) is 23.7 Å². The molecule has 0 bridgehead atoms. The first-order chi connectivity index (χ1) is 8.81. The summed E-state index contributed by atoms with van der Waals surface area (Å²) in [6, 6.07) is 8.78. The Balaban J connectivity index is 1.65. The van der Waals surface area contributed by atoms with Crippen LogP contribution in [0.5, 0.6) is 0 Å². The average Bonchev–Trinajstić information content (AvgIpc) is 3.10. The largest absolute Gasteiger partial charge is 0.369 e. The van der Waals surface area contributed by atoms with Gasteiger partial charge in [0, 0.05) is 17.6 Å². The van der Waals surface area contributed by atoms with Crippen molar-refractivity contribution in [2.45, 2.75) is 50.4 Å². The molecule has 0 radical (unpaired) electrons. The summed E-state index contributed by atoms with van der Waals surface area (Å²) in [5.41, 5.74) is 1.20. The van der Waals surface area contributed by atoms with Crippen LogP contribution in [0, 0.1) is 0 Å². The van der Waals surface area contributed by atoms with Gasteiger partial charge in [0.15, 0.2) is 0 Å². The van der Waals surface area contributed by atoms with Crippen molar-refractivity contribution >= 4 is 11.6 Å². The Bertz CT molecular complexity index is 401. The minimum absolute atomic E-state index is 0.148. The predicted molar refractivity (Wildman–Crippen MR) is 73.9 cm³/mol. The molecule has 18 heavy (non-hydrogen) atoms. The molecule has 0 heterocycles. The smallest absolute Gasteiger partial charge is 0.0953 e. The molecular weight excluding hydrogens is 246 g/mol. The summed E-state index contributed by atoms with van der Waals surface area (Å²) < 4.78 is 6.18. The third-order valence-corrected chi connectivity index (χ3v) is 4.03. The normalized spacial score (nSPS) is 21.6. The van der Waals surface area contributed by atoms with E-state index in [2.05, 4.69) is 11.4 Å². The second-order valence-electron chi connectivity index (χ2n) is 5.42. The monoisotopic (exact) mass is 265 g/mol. The van der Waals surface area contributed by atoms with E-state index in [1.54, 1.807) is 0 Å². The maximum atomic E-state index is 6.18. The molecule has 2 fully saturated rings. The number of hydrogen-bond acceptors (Lipinski definition) is 2. The second-order valence-corrected chi connectivity index (χ2v) is 5.85. The molecular formula is C15H20ClNO. The van der Waals surface area contributed by atoms with Gasteiger partial charge in [-0.2, -0.15) is 0 Å². The molecule has 2 saturated carbocycles. The van der Waals surface area contributed by atoms with E-state index in [-0.39, 0.29) is 6.10 Å². The molecule has 3 rings (SSSR count). The van der Waals surface area contributed by atoms with E-state index in [0.29, 0.717) is 6.10 Å². The maximum Gasteiger partial charge on any atom is 0.0953 e. The third-order valence-electron chi connectivity index (χ3n) is 3.80. The molecule has 1 unspecified atom stereocenters. The zero-order valence-electron chi connectivity index (χ0n) is 10.6. The van der Waals surface area contributed by atoms with Crippen molar-refractivity contribution in [3.63, 3.8) is 0 Å². The second kappa shape index (κ2) is 5.60. The average molecular weight is 266 g/mol. The Labute approximate surface area is 114 Å². The third kappa shape index (κ3) is 3.25. The molecule has 1 aromatic carbocycles. The van der Waals surface area contributed by atoms with Gasteiger partial charge in [0.2, 0.25) is 0 Å². The van der Waals surface area contributed by atoms with Crippen LogP contribution in [0.4, 0.5) is 0 Å². The molecule has 1 atom stereocenters. The first-order valence-corrected chi connectivity index (χ1v) is 7.33. The predicted octanol–water partition coefficient (Wildman–Crippen LogP) is 3.70. The fourth-order valence-corrected chi connectivity index (χ4v) is 2.45. The van der Waals surface area contributed by atoms with Gasteiger partial charge in [-0.05, 0) is 49.8 Å². The Morgan fingerprint density at radius 2 is 2.11 bits per heavy atom. The highest BCUT2D eigenvalue weighted by Crippen LogP contribution is 2.30. The topological polar surface area (TPSA) is 21.3 Å². The van der Waals surface area contributed by atoms with Crippen molar-refractivity contribution in [2.24, 2.45) is 0 Å². The highest BCUT2D eigenvalue weighted by atomic mass is 35.5. The molecule has 2 nitrogen and oxygen atoms in total. The summed E-state index contributed by atoms with van der Waals surface area (Å²) in [4.78, 5) is 0. The van der Waals surface area contributed by atoms with E-state index in [1.807, 2.05) is 18.2 Å². The van der Waals surface area contributed by atoms with Crippen LogP contribution in [-0.4, -0.2) is 18.7 Å². The van der Waals surface area contributed by atoms with Crippen LogP contribution in [0.15, 0.2) is 24.3 Å². The summed E-state index contributed by atoms with van der Waals surface area (Å²) in [6.45, 7) is 0.904. The fourth-order valence-electron chi connectivity index (χ4n) is 2.25. The van der Waals surface area contributed by atoms with Crippen molar-refractivity contribution in [3.05, 3.63) is 34.9 Å². The van der Waals surface area contributed by atoms with Crippen LogP contribution >= 0.6 is 11.6 Å². The van der Waals surface area contributed by atoms with Crippen molar-refractivity contribution in [1.29, 1.82) is 0 Å². The number of benzene rings is 1. The lowest BCUT2D eigenvalue weighted by Crippen LogP contribution is -2.31. The van der Waals surface area contributed by atoms with Crippen molar-refractivity contribution in [3.8, 4) is 0 Å². The first-order valence-electron chi connectivity index (χ1n) is 6.95. The molecule has 0 amide bonds. The highest BCUT2D eigenvalue weighted by Gasteiger charge is 2.26. The molecule has 3 heteroatoms. The molecule has 2 aliphatic rings. The highest BCUT2D eigenvalue weighted by molar-refractivity contribution is 6.30. The van der Waals surface area contributed by atoms with E-state index < -0.39 is 0 Å². The Kier molecular flexibility index (Phi) is 3.88. The van der Waals surface area contributed by atoms with Crippen LogP contribution in [0.3, 0.4) is 0 Å². The van der Waals surface area contributed by atoms with Gasteiger partial charge in [-0.3, -0.25) is 0 Å². The molecule has 1 aromatic rings. The number of ether oxygens (including phenoxy) is 1. The van der Waals surface area contributed by atoms with Crippen LogP contribution in [0.25, 0.3) is 0 Å². The minimum atomic E-state index is 0.148. The summed E-state index contributed by atoms with van der Waals surface area (Å²) in [7, 11) is 0. The van der Waals surface area contributed by atoms with E-state index >= 15 is 0 Å². The molecule has 0 aliphatic heterocycles. The van der Waals surface area contributed by atoms with E-state index in [0.717, 1.165) is 17.6 Å². The standard InChI is InChI=1S/C15H20ClNO/c16-12-4-1-3-11(9-12)15(10-17-13-7-8-13)18-14-5-2-6-14/h1,3-4,9,13-15,17H,2,5-8,10H2. The van der Waals surface area contributed by atoms with Gasteiger partial charge in [0.25, 0.3) is 0 Å². The zero-order chi connectivity index (χ0) is 12.4. The molecule has 98 valence electrons. The molecule has 1 N–H and O–H groups in total. The number of rotatable bonds is 6. The summed E-state index contributed by atoms with van der Waals surface area (Å²) in [6.07, 6.45) is 6.95. The quantitative estimate of drug-likeness (QED) is 0.847. The van der Waals surface area contributed by atoms with Crippen molar-refractivity contribution in [1.82, 2.24) is 5.32 Å². The SMILES string of the molecule is Clc1cccc(C(CNC2CC2)OC2CCC2)c1. The van der Waals surface area contributed by atoms with Gasteiger partial charge in [0.05, 0.1) is 12.2 Å². The Morgan fingerprint density at radius 1 is 1.28 bits per heavy atom. The zero-order valence-corrected chi connectivity index (χ0v) is 11.3. The number of nitrogens with one attached hydrogen (secondary N) is 1. The lowest BCUT2D eigenvalue weighted by Gasteiger charge is -2.31. The summed E-state index contributed by atoms with van der Waals surface area (Å²) in [5.74, 6) is 0. The van der Waals surface area contributed by atoms with Crippen LogP contribution in [0.1, 0.15) is 43.8 Å². The van der Waals surface area contributed by atoms with Gasteiger partial charge >= 0.3 is 0 Å². The minimum Gasteiger partial charge on any atom is -0.369 e. The van der Waals surface area contributed by atoms with Crippen molar-refractivity contribution < 1.29 is 4.74 Å². The molecule has 2 aliphatic carbocycles. The van der Waals surface area contributed by atoms with Crippen molar-refractivity contribution in [2.75, 3.05) is 6.54 Å². The van der Waals surface area contributed by atoms with Crippen LogP contribution in [-0.2, 0) is 4.74 Å². The maximum absolute atomic E-state index is 6.18. The summed E-state index contributed by atoms with van der Waals surface area (Å²) >= 11 is 6.07. The lowest BCUT2D eigenvalue weighted by atomic mass is 9.95. The van der Waals surface area contributed by atoms with E-state index in [1.165, 1.54) is 37.7 Å². The molecule has 0 spiro atoms. The Hall–Kier alpha value is -0.570. The van der Waals surface area contributed by atoms with Gasteiger partial charge in [-0.25, -0.2) is 0 Å². The number of halogens is 1. The van der Waals surface area contributed by atoms with Gasteiger partial charge in [-0.15, -0.1) is 0 Å². The van der Waals surface area contributed by atoms with E-state index in [4.69, 9.17) is 16.3 Å². The van der Waals surface area contributed by atoms with Gasteiger partial charge < -0.3 is 10.1 Å². The van der Waals surface area contributed by atoms with E-state index in [9.17, 15) is 0 Å². The van der Waals surface area contributed by atoms with Gasteiger partial charge in [0.1, 0.15) is 0 Å². The summed E-state index contributed by atoms with van der Waals surface area (Å²) in [5, 5.41) is 4.35. The molecule has 0 aromatic heterocycles.